The molecule has 2 aromatic rings. The summed E-state index contributed by atoms with van der Waals surface area (Å²) in [5, 5.41) is 0.584. The number of likely N-dealkylation sites (tertiary alicyclic amines) is 1. The molecule has 1 aliphatic rings. The van der Waals surface area contributed by atoms with Crippen LogP contribution in [0.1, 0.15) is 38.9 Å². The lowest BCUT2D eigenvalue weighted by Crippen LogP contribution is -2.50. The molecule has 0 unspecified atom stereocenters. The molecule has 3 rings (SSSR count). The molecule has 1 aromatic carbocycles. The minimum absolute atomic E-state index is 0.140. The molecule has 1 amide bonds. The Labute approximate surface area is 147 Å². The van der Waals surface area contributed by atoms with Gasteiger partial charge in [0.2, 0.25) is 5.91 Å². The second-order valence-corrected chi connectivity index (χ2v) is 7.13. The van der Waals surface area contributed by atoms with Crippen molar-refractivity contribution in [2.75, 3.05) is 13.6 Å². The quantitative estimate of drug-likeness (QED) is 0.924. The molecule has 0 saturated carbocycles. The Bertz CT molecular complexity index is 806. The summed E-state index contributed by atoms with van der Waals surface area (Å²) in [6, 6.07) is 7.87. The minimum atomic E-state index is -0.140. The van der Waals surface area contributed by atoms with E-state index in [1.165, 1.54) is 6.42 Å². The number of fused-ring (bicyclic) bond motifs is 1. The SMILES string of the molecule is C[C@H]1CCC[C@H](C)N1C(=O)CN(C)Cc1nc2ccccc2c(=O)[nH]1. The molecule has 25 heavy (non-hydrogen) atoms. The normalized spacial score (nSPS) is 21.0. The van der Waals surface area contributed by atoms with E-state index in [1.807, 2.05) is 35.0 Å². The lowest BCUT2D eigenvalue weighted by Gasteiger charge is -2.39. The van der Waals surface area contributed by atoms with Crippen molar-refractivity contribution in [3.8, 4) is 0 Å². The molecule has 6 nitrogen and oxygen atoms in total. The highest BCUT2D eigenvalue weighted by Crippen LogP contribution is 2.22. The molecule has 2 heterocycles. The first-order valence-corrected chi connectivity index (χ1v) is 8.93. The zero-order chi connectivity index (χ0) is 18.0. The fourth-order valence-corrected chi connectivity index (χ4v) is 3.75. The topological polar surface area (TPSA) is 69.3 Å². The van der Waals surface area contributed by atoms with Crippen LogP contribution >= 0.6 is 0 Å². The monoisotopic (exact) mass is 342 g/mol. The minimum Gasteiger partial charge on any atom is -0.336 e. The second kappa shape index (κ2) is 7.35. The predicted molar refractivity (Wildman–Crippen MR) is 98.3 cm³/mol. The molecular weight excluding hydrogens is 316 g/mol. The predicted octanol–water partition coefficient (Wildman–Crippen LogP) is 2.14. The summed E-state index contributed by atoms with van der Waals surface area (Å²) in [6.07, 6.45) is 3.32. The summed E-state index contributed by atoms with van der Waals surface area (Å²) in [5.74, 6) is 0.726. The number of carbonyl (C=O) groups excluding carboxylic acids is 1. The number of nitrogens with zero attached hydrogens (tertiary/aromatic N) is 3. The van der Waals surface area contributed by atoms with Gasteiger partial charge < -0.3 is 9.88 Å². The lowest BCUT2D eigenvalue weighted by atomic mass is 9.97. The van der Waals surface area contributed by atoms with Gasteiger partial charge in [0.1, 0.15) is 5.82 Å². The van der Waals surface area contributed by atoms with Crippen LogP contribution in [0.4, 0.5) is 0 Å². The number of amides is 1. The third kappa shape index (κ3) is 3.90. The summed E-state index contributed by atoms with van der Waals surface area (Å²) in [4.78, 5) is 36.1. The number of piperidine rings is 1. The zero-order valence-electron chi connectivity index (χ0n) is 15.2. The van der Waals surface area contributed by atoms with Crippen LogP contribution in [0.25, 0.3) is 10.9 Å². The fraction of sp³-hybridized carbons (Fsp3) is 0.526. The summed E-state index contributed by atoms with van der Waals surface area (Å²) < 4.78 is 0. The number of rotatable bonds is 4. The number of H-pyrrole nitrogens is 1. The van der Waals surface area contributed by atoms with Crippen LogP contribution in [-0.2, 0) is 11.3 Å². The molecule has 6 heteroatoms. The molecule has 134 valence electrons. The van der Waals surface area contributed by atoms with Gasteiger partial charge in [-0.1, -0.05) is 12.1 Å². The maximum atomic E-state index is 12.7. The molecule has 2 atom stereocenters. The molecule has 0 aliphatic carbocycles. The number of likely N-dealkylation sites (N-methyl/N-ethyl adjacent to an activating group) is 1. The highest BCUT2D eigenvalue weighted by molar-refractivity contribution is 5.79. The summed E-state index contributed by atoms with van der Waals surface area (Å²) in [6.45, 7) is 5.00. The van der Waals surface area contributed by atoms with Gasteiger partial charge in [0, 0.05) is 12.1 Å². The van der Waals surface area contributed by atoms with E-state index < -0.39 is 0 Å². The summed E-state index contributed by atoms with van der Waals surface area (Å²) in [5.41, 5.74) is 0.540. The van der Waals surface area contributed by atoms with Crippen LogP contribution in [0.2, 0.25) is 0 Å². The highest BCUT2D eigenvalue weighted by Gasteiger charge is 2.29. The van der Waals surface area contributed by atoms with E-state index in [9.17, 15) is 9.59 Å². The second-order valence-electron chi connectivity index (χ2n) is 7.13. The summed E-state index contributed by atoms with van der Waals surface area (Å²) in [7, 11) is 1.88. The molecule has 1 aromatic heterocycles. The van der Waals surface area contributed by atoms with Gasteiger partial charge in [0.05, 0.1) is 24.0 Å². The van der Waals surface area contributed by atoms with Crippen molar-refractivity contribution >= 4 is 16.8 Å². The van der Waals surface area contributed by atoms with Crippen molar-refractivity contribution in [3.05, 3.63) is 40.4 Å². The molecule has 1 aliphatic heterocycles. The first-order chi connectivity index (χ1) is 12.0. The lowest BCUT2D eigenvalue weighted by molar-refractivity contribution is -0.138. The van der Waals surface area contributed by atoms with Crippen LogP contribution in [0.5, 0.6) is 0 Å². The van der Waals surface area contributed by atoms with Crippen LogP contribution in [-0.4, -0.2) is 51.4 Å². The van der Waals surface area contributed by atoms with Crippen molar-refractivity contribution in [2.45, 2.75) is 51.7 Å². The number of hydrogen-bond donors (Lipinski definition) is 1. The van der Waals surface area contributed by atoms with E-state index in [2.05, 4.69) is 23.8 Å². The maximum absolute atomic E-state index is 12.7. The van der Waals surface area contributed by atoms with Gasteiger partial charge in [-0.05, 0) is 52.3 Å². The van der Waals surface area contributed by atoms with Crippen LogP contribution < -0.4 is 5.56 Å². The van der Waals surface area contributed by atoms with Gasteiger partial charge in [-0.15, -0.1) is 0 Å². The summed E-state index contributed by atoms with van der Waals surface area (Å²) >= 11 is 0. The molecule has 1 fully saturated rings. The largest absolute Gasteiger partial charge is 0.336 e. The van der Waals surface area contributed by atoms with E-state index in [-0.39, 0.29) is 11.5 Å². The van der Waals surface area contributed by atoms with Crippen molar-refractivity contribution in [3.63, 3.8) is 0 Å². The van der Waals surface area contributed by atoms with E-state index in [0.29, 0.717) is 41.9 Å². The maximum Gasteiger partial charge on any atom is 0.258 e. The Morgan fingerprint density at radius 3 is 2.68 bits per heavy atom. The zero-order valence-corrected chi connectivity index (χ0v) is 15.2. The third-order valence-corrected chi connectivity index (χ3v) is 4.97. The number of aromatic amines is 1. The first-order valence-electron chi connectivity index (χ1n) is 8.93. The van der Waals surface area contributed by atoms with Gasteiger partial charge >= 0.3 is 0 Å². The number of nitrogens with one attached hydrogen (secondary N) is 1. The Hall–Kier alpha value is -2.21. The number of carbonyl (C=O) groups is 1. The number of hydrogen-bond acceptors (Lipinski definition) is 4. The van der Waals surface area contributed by atoms with Gasteiger partial charge in [-0.2, -0.15) is 0 Å². The van der Waals surface area contributed by atoms with E-state index in [0.717, 1.165) is 12.8 Å². The van der Waals surface area contributed by atoms with Crippen molar-refractivity contribution < 1.29 is 4.79 Å². The standard InChI is InChI=1S/C19H26N4O2/c1-13-7-6-8-14(2)23(13)18(24)12-22(3)11-17-20-16-10-5-4-9-15(16)19(25)21-17/h4-5,9-10,13-14H,6-8,11-12H2,1-3H3,(H,20,21,25)/t13-,14-/m0/s1. The van der Waals surface area contributed by atoms with Gasteiger partial charge in [0.25, 0.3) is 5.56 Å². The first kappa shape index (κ1) is 17.6. The van der Waals surface area contributed by atoms with E-state index >= 15 is 0 Å². The van der Waals surface area contributed by atoms with Crippen molar-refractivity contribution in [1.82, 2.24) is 19.8 Å². The Morgan fingerprint density at radius 2 is 1.96 bits per heavy atom. The Balaban J connectivity index is 1.69. The molecule has 0 bridgehead atoms. The number of para-hydroxylation sites is 1. The average molecular weight is 342 g/mol. The van der Waals surface area contributed by atoms with Crippen LogP contribution in [0.3, 0.4) is 0 Å². The molecular formula is C19H26N4O2. The Morgan fingerprint density at radius 1 is 1.28 bits per heavy atom. The van der Waals surface area contributed by atoms with Crippen LogP contribution in [0, 0.1) is 0 Å². The molecule has 0 radical (unpaired) electrons. The number of benzene rings is 1. The average Bonchev–Trinajstić information content (AvgIpc) is 2.54. The molecule has 0 spiro atoms. The van der Waals surface area contributed by atoms with Gasteiger partial charge in [-0.3, -0.25) is 14.5 Å². The molecule has 1 N–H and O–H groups in total. The van der Waals surface area contributed by atoms with Crippen molar-refractivity contribution in [2.24, 2.45) is 0 Å². The molecule has 1 saturated heterocycles. The van der Waals surface area contributed by atoms with E-state index in [4.69, 9.17) is 0 Å². The smallest absolute Gasteiger partial charge is 0.258 e. The Kier molecular flexibility index (Phi) is 5.18. The highest BCUT2D eigenvalue weighted by atomic mass is 16.2. The third-order valence-electron chi connectivity index (χ3n) is 4.97. The van der Waals surface area contributed by atoms with Crippen molar-refractivity contribution in [1.29, 1.82) is 0 Å². The van der Waals surface area contributed by atoms with E-state index in [1.54, 1.807) is 6.07 Å². The number of aromatic nitrogens is 2. The van der Waals surface area contributed by atoms with Crippen LogP contribution in [0.15, 0.2) is 29.1 Å². The van der Waals surface area contributed by atoms with Gasteiger partial charge in [-0.25, -0.2) is 4.98 Å². The van der Waals surface area contributed by atoms with Gasteiger partial charge in [0.15, 0.2) is 0 Å². The fourth-order valence-electron chi connectivity index (χ4n) is 3.75.